The third kappa shape index (κ3) is 4.39. The molecule has 160 valence electrons. The molecule has 0 saturated heterocycles. The summed E-state index contributed by atoms with van der Waals surface area (Å²) >= 11 is 6.37. The van der Waals surface area contributed by atoms with Crippen LogP contribution in [-0.4, -0.2) is 24.4 Å². The Kier molecular flexibility index (Phi) is 5.91. The van der Waals surface area contributed by atoms with Crippen molar-refractivity contribution in [1.29, 1.82) is 0 Å². The van der Waals surface area contributed by atoms with Crippen molar-refractivity contribution >= 4 is 34.0 Å². The van der Waals surface area contributed by atoms with Crippen LogP contribution in [0.5, 0.6) is 11.5 Å². The zero-order chi connectivity index (χ0) is 22.0. The van der Waals surface area contributed by atoms with Crippen LogP contribution in [0.1, 0.15) is 16.7 Å². The summed E-state index contributed by atoms with van der Waals surface area (Å²) in [5.41, 5.74) is 11.4. The van der Waals surface area contributed by atoms with Gasteiger partial charge in [-0.05, 0) is 60.0 Å². The molecule has 6 nitrogen and oxygen atoms in total. The van der Waals surface area contributed by atoms with E-state index in [2.05, 4.69) is 39.4 Å². The van der Waals surface area contributed by atoms with Gasteiger partial charge in [-0.2, -0.15) is 5.10 Å². The number of aromatic nitrogens is 2. The number of hydrogen-bond donors (Lipinski definition) is 2. The zero-order valence-corrected chi connectivity index (χ0v) is 18.5. The lowest BCUT2D eigenvalue weighted by atomic mass is 10.1. The summed E-state index contributed by atoms with van der Waals surface area (Å²) in [4.78, 5) is 2.28. The molecule has 0 aliphatic rings. The van der Waals surface area contributed by atoms with Gasteiger partial charge in [0.15, 0.2) is 5.82 Å². The van der Waals surface area contributed by atoms with E-state index < -0.39 is 0 Å². The first-order valence-electron chi connectivity index (χ1n) is 9.93. The molecular formula is C24H25ClN4O2. The number of rotatable bonds is 7. The third-order valence-corrected chi connectivity index (χ3v) is 5.66. The molecule has 3 aromatic carbocycles. The highest BCUT2D eigenvalue weighted by molar-refractivity contribution is 6.32. The molecule has 1 aromatic heterocycles. The van der Waals surface area contributed by atoms with Crippen molar-refractivity contribution < 1.29 is 9.47 Å². The maximum atomic E-state index is 6.37. The van der Waals surface area contributed by atoms with Crippen LogP contribution in [0.15, 0.2) is 54.6 Å². The fourth-order valence-corrected chi connectivity index (χ4v) is 4.03. The number of nitrogen functional groups attached to an aromatic ring is 1. The Morgan fingerprint density at radius 1 is 0.935 bits per heavy atom. The molecule has 0 spiro atoms. The first-order valence-corrected chi connectivity index (χ1v) is 10.3. The van der Waals surface area contributed by atoms with E-state index in [4.69, 9.17) is 26.8 Å². The summed E-state index contributed by atoms with van der Waals surface area (Å²) in [6.07, 6.45) is 0. The van der Waals surface area contributed by atoms with Crippen molar-refractivity contribution in [3.05, 3.63) is 76.3 Å². The van der Waals surface area contributed by atoms with Gasteiger partial charge in [-0.25, -0.2) is 0 Å². The van der Waals surface area contributed by atoms with Crippen molar-refractivity contribution in [2.45, 2.75) is 20.0 Å². The molecule has 0 aliphatic carbocycles. The summed E-state index contributed by atoms with van der Waals surface area (Å²) < 4.78 is 10.7. The van der Waals surface area contributed by atoms with Gasteiger partial charge >= 0.3 is 0 Å². The number of H-pyrrole nitrogens is 1. The number of fused-ring (bicyclic) bond motifs is 1. The predicted octanol–water partition coefficient (Wildman–Crippen LogP) is 5.33. The average molecular weight is 437 g/mol. The summed E-state index contributed by atoms with van der Waals surface area (Å²) in [7, 11) is 3.30. The van der Waals surface area contributed by atoms with E-state index >= 15 is 0 Å². The standard InChI is InChI=1S/C24H25ClN4O2/c1-15-10-16(4-8-22(15)30-2)13-29(14-17-5-9-23(31-3)20(25)11-17)18-6-7-21-19(12-18)24(26)28-27-21/h4-12H,13-14H2,1-3H3,(H3,26,27,28). The summed E-state index contributed by atoms with van der Waals surface area (Å²) in [5, 5.41) is 8.57. The van der Waals surface area contributed by atoms with E-state index in [1.807, 2.05) is 37.3 Å². The lowest BCUT2D eigenvalue weighted by Crippen LogP contribution is -2.22. The van der Waals surface area contributed by atoms with E-state index in [0.717, 1.165) is 33.5 Å². The Balaban J connectivity index is 1.71. The third-order valence-electron chi connectivity index (χ3n) is 5.36. The fraction of sp³-hybridized carbons (Fsp3) is 0.208. The van der Waals surface area contributed by atoms with E-state index in [1.165, 1.54) is 5.56 Å². The SMILES string of the molecule is COc1ccc(CN(Cc2ccc(OC)c(Cl)c2)c2ccc3[nH]nc(N)c3c2)cc1C. The number of nitrogens with two attached hydrogens (primary N) is 1. The number of anilines is 2. The van der Waals surface area contributed by atoms with Crippen LogP contribution in [-0.2, 0) is 13.1 Å². The number of methoxy groups -OCH3 is 2. The van der Waals surface area contributed by atoms with Gasteiger partial charge in [0.05, 0.1) is 24.8 Å². The molecule has 0 fully saturated rings. The highest BCUT2D eigenvalue weighted by Gasteiger charge is 2.13. The Labute approximate surface area is 186 Å². The molecule has 3 N–H and O–H groups in total. The largest absolute Gasteiger partial charge is 0.496 e. The van der Waals surface area contributed by atoms with Crippen molar-refractivity contribution in [2.75, 3.05) is 24.9 Å². The molecule has 4 rings (SSSR count). The Bertz CT molecular complexity index is 1170. The van der Waals surface area contributed by atoms with Gasteiger partial charge in [0, 0.05) is 24.2 Å². The highest BCUT2D eigenvalue weighted by atomic mass is 35.5. The molecule has 0 aliphatic heterocycles. The number of halogens is 1. The molecule has 0 amide bonds. The summed E-state index contributed by atoms with van der Waals surface area (Å²) in [6, 6.07) is 18.2. The Morgan fingerprint density at radius 3 is 2.26 bits per heavy atom. The first kappa shape index (κ1) is 20.9. The smallest absolute Gasteiger partial charge is 0.153 e. The lowest BCUT2D eigenvalue weighted by molar-refractivity contribution is 0.411. The summed E-state index contributed by atoms with van der Waals surface area (Å²) in [6.45, 7) is 3.42. The number of nitrogens with one attached hydrogen (secondary N) is 1. The van der Waals surface area contributed by atoms with Gasteiger partial charge in [0.1, 0.15) is 11.5 Å². The molecule has 0 saturated carbocycles. The van der Waals surface area contributed by atoms with Crippen molar-refractivity contribution in [1.82, 2.24) is 10.2 Å². The second-order valence-electron chi connectivity index (χ2n) is 7.47. The van der Waals surface area contributed by atoms with Gasteiger partial charge in [0.2, 0.25) is 0 Å². The quantitative estimate of drug-likeness (QED) is 0.409. The number of ether oxygens (including phenoxy) is 2. The van der Waals surface area contributed by atoms with Crippen molar-refractivity contribution in [2.24, 2.45) is 0 Å². The van der Waals surface area contributed by atoms with E-state index in [0.29, 0.717) is 29.7 Å². The van der Waals surface area contributed by atoms with Crippen LogP contribution in [0.25, 0.3) is 10.9 Å². The molecule has 0 bridgehead atoms. The van der Waals surface area contributed by atoms with Crippen LogP contribution < -0.4 is 20.1 Å². The number of aromatic amines is 1. The van der Waals surface area contributed by atoms with Crippen LogP contribution >= 0.6 is 11.6 Å². The van der Waals surface area contributed by atoms with E-state index in [1.54, 1.807) is 14.2 Å². The van der Waals surface area contributed by atoms with Gasteiger partial charge in [-0.15, -0.1) is 0 Å². The highest BCUT2D eigenvalue weighted by Crippen LogP contribution is 2.30. The molecule has 31 heavy (non-hydrogen) atoms. The Hall–Kier alpha value is -3.38. The molecule has 7 heteroatoms. The predicted molar refractivity (Wildman–Crippen MR) is 126 cm³/mol. The minimum Gasteiger partial charge on any atom is -0.496 e. The van der Waals surface area contributed by atoms with Crippen molar-refractivity contribution in [3.63, 3.8) is 0 Å². The van der Waals surface area contributed by atoms with Crippen molar-refractivity contribution in [3.8, 4) is 11.5 Å². The second kappa shape index (κ2) is 8.78. The van der Waals surface area contributed by atoms with Gasteiger partial charge in [-0.1, -0.05) is 29.8 Å². The van der Waals surface area contributed by atoms with Crippen LogP contribution in [0.3, 0.4) is 0 Å². The fourth-order valence-electron chi connectivity index (χ4n) is 3.75. The lowest BCUT2D eigenvalue weighted by Gasteiger charge is -2.26. The van der Waals surface area contributed by atoms with E-state index in [-0.39, 0.29) is 0 Å². The average Bonchev–Trinajstić information content (AvgIpc) is 3.14. The molecule has 0 radical (unpaired) electrons. The molecule has 0 atom stereocenters. The van der Waals surface area contributed by atoms with Gasteiger partial charge in [0.25, 0.3) is 0 Å². The van der Waals surface area contributed by atoms with Crippen LogP contribution in [0, 0.1) is 6.92 Å². The molecule has 1 heterocycles. The second-order valence-corrected chi connectivity index (χ2v) is 7.87. The van der Waals surface area contributed by atoms with Crippen LogP contribution in [0.2, 0.25) is 5.02 Å². The van der Waals surface area contributed by atoms with E-state index in [9.17, 15) is 0 Å². The van der Waals surface area contributed by atoms with Gasteiger partial charge in [-0.3, -0.25) is 5.10 Å². The molecule has 0 unspecified atom stereocenters. The maximum absolute atomic E-state index is 6.37. The number of aryl methyl sites for hydroxylation is 1. The first-order chi connectivity index (χ1) is 15.0. The van der Waals surface area contributed by atoms with Gasteiger partial charge < -0.3 is 20.1 Å². The topological polar surface area (TPSA) is 76.4 Å². The van der Waals surface area contributed by atoms with Crippen LogP contribution in [0.4, 0.5) is 11.5 Å². The Morgan fingerprint density at radius 2 is 1.61 bits per heavy atom. The zero-order valence-electron chi connectivity index (χ0n) is 17.8. The number of nitrogens with zero attached hydrogens (tertiary/aromatic N) is 2. The monoisotopic (exact) mass is 436 g/mol. The minimum absolute atomic E-state index is 0.490. The number of benzene rings is 3. The normalized spacial score (nSPS) is 11.0. The molecule has 4 aromatic rings. The summed E-state index contributed by atoms with van der Waals surface area (Å²) in [5.74, 6) is 2.03. The minimum atomic E-state index is 0.490. The molecular weight excluding hydrogens is 412 g/mol. The number of hydrogen-bond acceptors (Lipinski definition) is 5. The maximum Gasteiger partial charge on any atom is 0.153 e.